The third kappa shape index (κ3) is 3.13. The average molecular weight is 351 g/mol. The molecule has 0 bridgehead atoms. The van der Waals surface area contributed by atoms with E-state index in [1.807, 2.05) is 34.4 Å². The fourth-order valence-electron chi connectivity index (χ4n) is 2.50. The first-order chi connectivity index (χ1) is 11.4. The summed E-state index contributed by atoms with van der Waals surface area (Å²) in [5.74, 6) is 0. The van der Waals surface area contributed by atoms with Crippen molar-refractivity contribution < 1.29 is 0 Å². The summed E-state index contributed by atoms with van der Waals surface area (Å²) in [6.45, 7) is 0. The van der Waals surface area contributed by atoms with E-state index in [4.69, 9.17) is 0 Å². The molecule has 0 saturated carbocycles. The Kier molecular flexibility index (Phi) is 4.33. The van der Waals surface area contributed by atoms with Crippen LogP contribution in [0.1, 0.15) is 0 Å². The first-order valence-electron chi connectivity index (χ1n) is 7.35. The number of benzene rings is 2. The highest BCUT2D eigenvalue weighted by Gasteiger charge is 2.13. The molecule has 23 heavy (non-hydrogen) atoms. The van der Waals surface area contributed by atoms with Gasteiger partial charge in [-0.1, -0.05) is 72.4 Å². The molecular weight excluding hydrogens is 336 g/mol. The van der Waals surface area contributed by atoms with Crippen molar-refractivity contribution in [3.63, 3.8) is 0 Å². The standard InChI is InChI=1S/C20H14S3/c1-3-7-15(8-4-1)17-11-13-21-19(17)23-20-18(12-14-22-20)16-9-5-2-6-10-16/h1-14H. The normalized spacial score (nSPS) is 10.8. The van der Waals surface area contributed by atoms with Crippen molar-refractivity contribution in [1.82, 2.24) is 0 Å². The Morgan fingerprint density at radius 1 is 0.522 bits per heavy atom. The molecule has 3 heteroatoms. The van der Waals surface area contributed by atoms with Crippen molar-refractivity contribution in [3.8, 4) is 22.3 Å². The minimum atomic E-state index is 1.29. The van der Waals surface area contributed by atoms with Crippen LogP contribution >= 0.6 is 34.4 Å². The van der Waals surface area contributed by atoms with E-state index < -0.39 is 0 Å². The van der Waals surface area contributed by atoms with E-state index in [9.17, 15) is 0 Å². The van der Waals surface area contributed by atoms with Crippen molar-refractivity contribution in [2.24, 2.45) is 0 Å². The molecule has 0 amide bonds. The average Bonchev–Trinajstić information content (AvgIpc) is 3.26. The summed E-state index contributed by atoms with van der Waals surface area (Å²) >= 11 is 5.51. The molecule has 0 aliphatic carbocycles. The Morgan fingerprint density at radius 3 is 1.39 bits per heavy atom. The van der Waals surface area contributed by atoms with Gasteiger partial charge in [-0.15, -0.1) is 22.7 Å². The van der Waals surface area contributed by atoms with Gasteiger partial charge in [0.15, 0.2) is 0 Å². The molecule has 0 radical (unpaired) electrons. The summed E-state index contributed by atoms with van der Waals surface area (Å²) in [7, 11) is 0. The number of rotatable bonds is 4. The zero-order valence-corrected chi connectivity index (χ0v) is 14.8. The fourth-order valence-corrected chi connectivity index (χ4v) is 5.91. The second kappa shape index (κ2) is 6.75. The fraction of sp³-hybridized carbons (Fsp3) is 0. The summed E-state index contributed by atoms with van der Waals surface area (Å²) in [5, 5.41) is 4.36. The monoisotopic (exact) mass is 350 g/mol. The Balaban J connectivity index is 1.69. The van der Waals surface area contributed by atoms with Crippen LogP contribution in [0.5, 0.6) is 0 Å². The SMILES string of the molecule is c1ccc(-c2ccsc2Sc2sccc2-c2ccccc2)cc1. The van der Waals surface area contributed by atoms with Gasteiger partial charge in [-0.3, -0.25) is 0 Å². The van der Waals surface area contributed by atoms with E-state index in [-0.39, 0.29) is 0 Å². The van der Waals surface area contributed by atoms with E-state index in [2.05, 4.69) is 83.6 Å². The molecule has 0 spiro atoms. The molecule has 2 heterocycles. The van der Waals surface area contributed by atoms with Crippen LogP contribution in [-0.4, -0.2) is 0 Å². The van der Waals surface area contributed by atoms with Gasteiger partial charge < -0.3 is 0 Å². The smallest absolute Gasteiger partial charge is 0.0732 e. The van der Waals surface area contributed by atoms with Crippen LogP contribution in [0.2, 0.25) is 0 Å². The topological polar surface area (TPSA) is 0 Å². The molecule has 0 aliphatic rings. The van der Waals surface area contributed by atoms with Crippen molar-refractivity contribution in [1.29, 1.82) is 0 Å². The third-order valence-corrected chi connectivity index (χ3v) is 6.91. The molecular formula is C20H14S3. The maximum absolute atomic E-state index is 2.22. The molecule has 0 saturated heterocycles. The van der Waals surface area contributed by atoms with E-state index in [0.29, 0.717) is 0 Å². The lowest BCUT2D eigenvalue weighted by Crippen LogP contribution is -1.77. The second-order valence-electron chi connectivity index (χ2n) is 5.08. The van der Waals surface area contributed by atoms with Gasteiger partial charge in [-0.25, -0.2) is 0 Å². The molecule has 0 aliphatic heterocycles. The minimum Gasteiger partial charge on any atom is -0.136 e. The Bertz CT molecular complexity index is 813. The van der Waals surface area contributed by atoms with E-state index in [0.717, 1.165) is 0 Å². The minimum absolute atomic E-state index is 1.29. The van der Waals surface area contributed by atoms with Gasteiger partial charge >= 0.3 is 0 Å². The van der Waals surface area contributed by atoms with Crippen molar-refractivity contribution >= 4 is 34.4 Å². The molecule has 0 atom stereocenters. The molecule has 4 aromatic rings. The largest absolute Gasteiger partial charge is 0.136 e. The summed E-state index contributed by atoms with van der Waals surface area (Å²) in [6, 6.07) is 25.7. The highest BCUT2D eigenvalue weighted by Crippen LogP contribution is 2.45. The summed E-state index contributed by atoms with van der Waals surface area (Å²) in [6.07, 6.45) is 0. The van der Waals surface area contributed by atoms with Crippen LogP contribution in [0.15, 0.2) is 92.0 Å². The van der Waals surface area contributed by atoms with Gasteiger partial charge in [0.2, 0.25) is 0 Å². The molecule has 112 valence electrons. The summed E-state index contributed by atoms with van der Waals surface area (Å²) in [4.78, 5) is 0. The van der Waals surface area contributed by atoms with Gasteiger partial charge in [0.05, 0.1) is 8.42 Å². The predicted octanol–water partition coefficient (Wildman–Crippen LogP) is 7.29. The lowest BCUT2D eigenvalue weighted by molar-refractivity contribution is 1.58. The highest BCUT2D eigenvalue weighted by molar-refractivity contribution is 8.03. The molecule has 2 aromatic carbocycles. The van der Waals surface area contributed by atoms with Crippen molar-refractivity contribution in [3.05, 3.63) is 83.6 Å². The van der Waals surface area contributed by atoms with Crippen LogP contribution in [0.4, 0.5) is 0 Å². The van der Waals surface area contributed by atoms with Gasteiger partial charge in [-0.2, -0.15) is 0 Å². The Hall–Kier alpha value is -1.81. The maximum Gasteiger partial charge on any atom is 0.0732 e. The highest BCUT2D eigenvalue weighted by atomic mass is 32.2. The van der Waals surface area contributed by atoms with E-state index in [1.54, 1.807) is 0 Å². The van der Waals surface area contributed by atoms with Crippen LogP contribution in [-0.2, 0) is 0 Å². The van der Waals surface area contributed by atoms with Crippen molar-refractivity contribution in [2.75, 3.05) is 0 Å². The summed E-state index contributed by atoms with van der Waals surface area (Å²) < 4.78 is 2.71. The first kappa shape index (κ1) is 14.8. The van der Waals surface area contributed by atoms with Gasteiger partial charge in [0.1, 0.15) is 0 Å². The van der Waals surface area contributed by atoms with Gasteiger partial charge in [0, 0.05) is 11.1 Å². The molecule has 0 N–H and O–H groups in total. The Morgan fingerprint density at radius 2 is 0.957 bits per heavy atom. The first-order valence-corrected chi connectivity index (χ1v) is 9.93. The number of thiophene rings is 2. The number of hydrogen-bond donors (Lipinski definition) is 0. The lowest BCUT2D eigenvalue weighted by Gasteiger charge is -2.05. The molecule has 4 rings (SSSR count). The quantitative estimate of drug-likeness (QED) is 0.372. The van der Waals surface area contributed by atoms with Crippen LogP contribution in [0.3, 0.4) is 0 Å². The summed E-state index contributed by atoms with van der Waals surface area (Å²) in [5.41, 5.74) is 5.23. The second-order valence-corrected chi connectivity index (χ2v) is 8.45. The van der Waals surface area contributed by atoms with E-state index in [1.165, 1.54) is 30.7 Å². The Labute approximate surface area is 148 Å². The van der Waals surface area contributed by atoms with Crippen LogP contribution < -0.4 is 0 Å². The van der Waals surface area contributed by atoms with Crippen molar-refractivity contribution in [2.45, 2.75) is 8.42 Å². The van der Waals surface area contributed by atoms with Gasteiger partial charge in [-0.05, 0) is 34.0 Å². The number of hydrogen-bond acceptors (Lipinski definition) is 3. The molecule has 2 aromatic heterocycles. The van der Waals surface area contributed by atoms with Gasteiger partial charge in [0.25, 0.3) is 0 Å². The molecule has 0 unspecified atom stereocenters. The lowest BCUT2D eigenvalue weighted by atomic mass is 10.1. The predicted molar refractivity (Wildman–Crippen MR) is 104 cm³/mol. The molecule has 0 nitrogen and oxygen atoms in total. The van der Waals surface area contributed by atoms with Crippen LogP contribution in [0.25, 0.3) is 22.3 Å². The molecule has 0 fully saturated rings. The van der Waals surface area contributed by atoms with E-state index >= 15 is 0 Å². The zero-order valence-electron chi connectivity index (χ0n) is 12.3. The maximum atomic E-state index is 2.22. The van der Waals surface area contributed by atoms with Crippen LogP contribution in [0, 0.1) is 0 Å². The zero-order chi connectivity index (χ0) is 15.5. The third-order valence-electron chi connectivity index (χ3n) is 3.61.